The zero-order chi connectivity index (χ0) is 5.11. The normalized spacial score (nSPS) is 25.3. The van der Waals surface area contributed by atoms with E-state index in [0.717, 1.165) is 25.7 Å². The van der Waals surface area contributed by atoms with E-state index in [-0.39, 0.29) is 0 Å². The highest BCUT2D eigenvalue weighted by Gasteiger charge is 2.09. The van der Waals surface area contributed by atoms with Gasteiger partial charge < -0.3 is 0 Å². The summed E-state index contributed by atoms with van der Waals surface area (Å²) in [5, 5.41) is 0. The van der Waals surface area contributed by atoms with Gasteiger partial charge in [0.1, 0.15) is 6.17 Å². The summed E-state index contributed by atoms with van der Waals surface area (Å²) in [6.45, 7) is 0. The molecule has 0 unspecified atom stereocenters. The van der Waals surface area contributed by atoms with E-state index in [1.807, 2.05) is 0 Å². The number of rotatable bonds is 0. The molecule has 1 radical (unpaired) electrons. The quantitative estimate of drug-likeness (QED) is 0.438. The summed E-state index contributed by atoms with van der Waals surface area (Å²) >= 11 is 0. The fourth-order valence-corrected chi connectivity index (χ4v) is 0.886. The highest BCUT2D eigenvalue weighted by Crippen LogP contribution is 2.18. The third kappa shape index (κ3) is 1.46. The van der Waals surface area contributed by atoms with Crippen LogP contribution < -0.4 is 0 Å². The molecule has 1 saturated carbocycles. The molecular weight excluding hydrogens is 91.1 g/mol. The number of hydrogen-bond donors (Lipinski definition) is 0. The molecular formula is C6H10F. The van der Waals surface area contributed by atoms with Crippen LogP contribution in [0.1, 0.15) is 25.7 Å². The fraction of sp³-hybridized carbons (Fsp3) is 0.833. The Morgan fingerprint density at radius 1 is 1.29 bits per heavy atom. The van der Waals surface area contributed by atoms with Gasteiger partial charge in [-0.15, -0.1) is 0 Å². The Kier molecular flexibility index (Phi) is 1.66. The van der Waals surface area contributed by atoms with Gasteiger partial charge in [-0.05, 0) is 32.1 Å². The van der Waals surface area contributed by atoms with Crippen LogP contribution in [0.5, 0.6) is 0 Å². The molecule has 0 aromatic heterocycles. The average molecular weight is 101 g/mol. The van der Waals surface area contributed by atoms with Gasteiger partial charge in [0, 0.05) is 0 Å². The molecule has 1 fully saturated rings. The average Bonchev–Trinajstić information content (AvgIpc) is 1.69. The van der Waals surface area contributed by atoms with Crippen molar-refractivity contribution in [2.24, 2.45) is 0 Å². The highest BCUT2D eigenvalue weighted by atomic mass is 19.1. The first-order valence-corrected chi connectivity index (χ1v) is 2.85. The van der Waals surface area contributed by atoms with Crippen LogP contribution in [0.2, 0.25) is 0 Å². The zero-order valence-corrected chi connectivity index (χ0v) is 4.36. The van der Waals surface area contributed by atoms with Gasteiger partial charge in [-0.2, -0.15) is 0 Å². The van der Waals surface area contributed by atoms with Crippen molar-refractivity contribution in [3.05, 3.63) is 6.42 Å². The third-order valence-electron chi connectivity index (χ3n) is 1.37. The second-order valence-electron chi connectivity index (χ2n) is 2.04. The molecule has 0 N–H and O–H groups in total. The summed E-state index contributed by atoms with van der Waals surface area (Å²) < 4.78 is 12.2. The Hall–Kier alpha value is -0.0700. The lowest BCUT2D eigenvalue weighted by atomic mass is 9.99. The minimum Gasteiger partial charge on any atom is -0.247 e. The van der Waals surface area contributed by atoms with Gasteiger partial charge in [0.2, 0.25) is 0 Å². The largest absolute Gasteiger partial charge is 0.247 e. The minimum absolute atomic E-state index is 0.495. The molecule has 0 heterocycles. The predicted octanol–water partition coefficient (Wildman–Crippen LogP) is 2.10. The first-order valence-electron chi connectivity index (χ1n) is 2.85. The monoisotopic (exact) mass is 101 g/mol. The van der Waals surface area contributed by atoms with Crippen LogP contribution >= 0.6 is 0 Å². The van der Waals surface area contributed by atoms with Crippen LogP contribution in [-0.2, 0) is 0 Å². The summed E-state index contributed by atoms with van der Waals surface area (Å²) in [5.41, 5.74) is 0. The Labute approximate surface area is 43.7 Å². The van der Waals surface area contributed by atoms with Crippen LogP contribution in [0, 0.1) is 6.42 Å². The summed E-state index contributed by atoms with van der Waals surface area (Å²) in [4.78, 5) is 0. The number of halogens is 1. The van der Waals surface area contributed by atoms with Gasteiger partial charge in [0.15, 0.2) is 0 Å². The second kappa shape index (κ2) is 2.29. The topological polar surface area (TPSA) is 0 Å². The van der Waals surface area contributed by atoms with E-state index in [1.165, 1.54) is 0 Å². The fourth-order valence-electron chi connectivity index (χ4n) is 0.886. The Morgan fingerprint density at radius 3 is 2.14 bits per heavy atom. The Morgan fingerprint density at radius 2 is 1.86 bits per heavy atom. The highest BCUT2D eigenvalue weighted by molar-refractivity contribution is 4.75. The molecule has 0 bridgehead atoms. The van der Waals surface area contributed by atoms with Crippen molar-refractivity contribution in [1.82, 2.24) is 0 Å². The smallest absolute Gasteiger partial charge is 0.100 e. The molecule has 1 aliphatic carbocycles. The van der Waals surface area contributed by atoms with Gasteiger partial charge >= 0.3 is 0 Å². The molecule has 0 saturated heterocycles. The number of hydrogen-bond acceptors (Lipinski definition) is 0. The minimum atomic E-state index is -0.495. The molecule has 0 amide bonds. The molecule has 0 nitrogen and oxygen atoms in total. The summed E-state index contributed by atoms with van der Waals surface area (Å²) in [6, 6.07) is 0. The van der Waals surface area contributed by atoms with Gasteiger partial charge in [-0.3, -0.25) is 0 Å². The van der Waals surface area contributed by atoms with E-state index in [1.54, 1.807) is 0 Å². The van der Waals surface area contributed by atoms with Crippen LogP contribution in [0.15, 0.2) is 0 Å². The Balaban J connectivity index is 2.12. The van der Waals surface area contributed by atoms with Crippen LogP contribution in [0.3, 0.4) is 0 Å². The van der Waals surface area contributed by atoms with Gasteiger partial charge in [-0.25, -0.2) is 4.39 Å². The second-order valence-corrected chi connectivity index (χ2v) is 2.04. The van der Waals surface area contributed by atoms with Crippen molar-refractivity contribution in [2.45, 2.75) is 31.9 Å². The summed E-state index contributed by atoms with van der Waals surface area (Å²) in [7, 11) is 0. The van der Waals surface area contributed by atoms with Crippen LogP contribution in [0.4, 0.5) is 4.39 Å². The SMILES string of the molecule is FC1CC[CH]CC1. The van der Waals surface area contributed by atoms with E-state index in [9.17, 15) is 4.39 Å². The van der Waals surface area contributed by atoms with E-state index in [2.05, 4.69) is 6.42 Å². The maximum Gasteiger partial charge on any atom is 0.100 e. The first kappa shape index (κ1) is 5.07. The number of alkyl halides is 1. The standard InChI is InChI=1S/C6H10F/c7-6-4-2-1-3-5-6/h1,6H,2-5H2. The molecule has 7 heavy (non-hydrogen) atoms. The van der Waals surface area contributed by atoms with E-state index < -0.39 is 6.17 Å². The summed E-state index contributed by atoms with van der Waals surface area (Å²) in [6.07, 6.45) is 5.17. The lowest BCUT2D eigenvalue weighted by molar-refractivity contribution is 0.274. The van der Waals surface area contributed by atoms with Crippen molar-refractivity contribution in [3.8, 4) is 0 Å². The molecule has 0 aromatic carbocycles. The van der Waals surface area contributed by atoms with Gasteiger partial charge in [0.25, 0.3) is 0 Å². The van der Waals surface area contributed by atoms with Crippen molar-refractivity contribution >= 4 is 0 Å². The molecule has 41 valence electrons. The molecule has 0 aliphatic heterocycles. The van der Waals surface area contributed by atoms with Crippen LogP contribution in [0.25, 0.3) is 0 Å². The maximum atomic E-state index is 12.2. The molecule has 0 atom stereocenters. The molecule has 1 rings (SSSR count). The third-order valence-corrected chi connectivity index (χ3v) is 1.37. The van der Waals surface area contributed by atoms with Crippen molar-refractivity contribution in [3.63, 3.8) is 0 Å². The Bertz CT molecular complexity index is 46.1. The van der Waals surface area contributed by atoms with Crippen molar-refractivity contribution < 1.29 is 4.39 Å². The van der Waals surface area contributed by atoms with E-state index in [0.29, 0.717) is 0 Å². The first-order chi connectivity index (χ1) is 3.39. The zero-order valence-electron chi connectivity index (χ0n) is 4.36. The lowest BCUT2D eigenvalue weighted by Crippen LogP contribution is -2.05. The van der Waals surface area contributed by atoms with E-state index in [4.69, 9.17) is 0 Å². The molecule has 1 aliphatic rings. The molecule has 1 heteroatoms. The van der Waals surface area contributed by atoms with E-state index >= 15 is 0 Å². The lowest BCUT2D eigenvalue weighted by Gasteiger charge is -2.11. The predicted molar refractivity (Wildman–Crippen MR) is 27.7 cm³/mol. The maximum absolute atomic E-state index is 12.2. The van der Waals surface area contributed by atoms with Gasteiger partial charge in [0.05, 0.1) is 0 Å². The van der Waals surface area contributed by atoms with Crippen molar-refractivity contribution in [2.75, 3.05) is 0 Å². The van der Waals surface area contributed by atoms with Crippen LogP contribution in [-0.4, -0.2) is 6.17 Å². The van der Waals surface area contributed by atoms with Crippen molar-refractivity contribution in [1.29, 1.82) is 0 Å². The molecule has 0 spiro atoms. The van der Waals surface area contributed by atoms with Gasteiger partial charge in [-0.1, -0.05) is 0 Å². The molecule has 0 aromatic rings. The summed E-state index contributed by atoms with van der Waals surface area (Å²) in [5.74, 6) is 0.